The molecule has 564 valence electrons. The lowest BCUT2D eigenvalue weighted by Crippen LogP contribution is -2.40. The molecule has 111 heavy (non-hydrogen) atoms. The predicted octanol–water partition coefficient (Wildman–Crippen LogP) is 11.1. The van der Waals surface area contributed by atoms with Crippen LogP contribution in [0.5, 0.6) is 0 Å². The second kappa shape index (κ2) is 34.8. The highest BCUT2D eigenvalue weighted by Gasteiger charge is 2.31. The quantitative estimate of drug-likeness (QED) is 0.0323. The summed E-state index contributed by atoms with van der Waals surface area (Å²) >= 11 is 0. The molecule has 15 rings (SSSR count). The van der Waals surface area contributed by atoms with Gasteiger partial charge in [-0.2, -0.15) is 25.8 Å². The molecule has 3 fully saturated rings. The van der Waals surface area contributed by atoms with Gasteiger partial charge >= 0.3 is 0 Å². The number of hydrogen-bond acceptors (Lipinski definition) is 20. The highest BCUT2D eigenvalue weighted by atomic mass is 19.1. The predicted molar refractivity (Wildman–Crippen MR) is 423 cm³/mol. The van der Waals surface area contributed by atoms with E-state index in [1.54, 1.807) is 11.0 Å². The molecule has 0 bridgehead atoms. The van der Waals surface area contributed by atoms with Gasteiger partial charge in [0.15, 0.2) is 16.9 Å². The lowest BCUT2D eigenvalue weighted by Gasteiger charge is -2.32. The fraction of sp³-hybridized carbons (Fsp3) is 0.289. The van der Waals surface area contributed by atoms with Crippen LogP contribution in [0.1, 0.15) is 128 Å². The minimum Gasteiger partial charge on any atom is -0.383 e. The first kappa shape index (κ1) is 76.0. The average Bonchev–Trinajstić information content (AvgIpc) is 1.62. The summed E-state index contributed by atoms with van der Waals surface area (Å²) in [5, 5.41) is 43.8. The Morgan fingerprint density at radius 1 is 0.505 bits per heavy atom. The van der Waals surface area contributed by atoms with Crippen molar-refractivity contribution in [3.8, 4) is 45.9 Å². The largest absolute Gasteiger partial charge is 0.383 e. The number of amides is 4. The van der Waals surface area contributed by atoms with Crippen LogP contribution in [0.2, 0.25) is 0 Å². The number of halogens is 1. The molecule has 0 aliphatic carbocycles. The van der Waals surface area contributed by atoms with Crippen LogP contribution in [0.15, 0.2) is 171 Å². The topological polar surface area (TPSA) is 371 Å². The SMILES string of the molecule is C=CC(=O)N1CCCC(n2nc(-c3ccc(CNC(=O)c4cc(C)ccc4F)cc3)c3c(N)ncnc32)C1.Cc1ccccc1C(=O)NCc1ccc(-c2nn(C3CCCN(CC#N)C3)c3ncnc(N)c23)cc1.Cc1ccccc1C(=O)NCc1ccc(-c2nn(C3CCCN(CCC#N)C3)c3ncnc(N)c23)cc1. The summed E-state index contributed by atoms with van der Waals surface area (Å²) in [5.74, 6) is -0.200. The zero-order chi connectivity index (χ0) is 77.7. The number of piperidine rings is 3. The number of fused-ring (bicyclic) bond motifs is 3. The molecule has 0 spiro atoms. The van der Waals surface area contributed by atoms with Gasteiger partial charge in [0.05, 0.1) is 58.5 Å². The van der Waals surface area contributed by atoms with E-state index in [4.69, 9.17) is 43.0 Å². The number of nitrogens with zero attached hydrogens (tertiary/aromatic N) is 17. The van der Waals surface area contributed by atoms with E-state index in [1.165, 1.54) is 37.2 Å². The molecule has 3 atom stereocenters. The molecule has 0 saturated carbocycles. The molecule has 12 aromatic rings. The maximum atomic E-state index is 14.0. The molecule has 28 heteroatoms. The number of anilines is 3. The Balaban J connectivity index is 0.000000146. The summed E-state index contributed by atoms with van der Waals surface area (Å²) in [5.41, 5.74) is 32.5. The number of nitrogens with two attached hydrogens (primary N) is 3. The zero-order valence-corrected chi connectivity index (χ0v) is 62.1. The van der Waals surface area contributed by atoms with Crippen molar-refractivity contribution in [1.29, 1.82) is 10.5 Å². The Morgan fingerprint density at radius 2 is 0.901 bits per heavy atom. The number of rotatable bonds is 19. The van der Waals surface area contributed by atoms with Crippen molar-refractivity contribution in [2.75, 3.05) is 69.6 Å². The van der Waals surface area contributed by atoms with Crippen LogP contribution in [0.4, 0.5) is 21.8 Å². The molecule has 9 heterocycles. The Morgan fingerprint density at radius 3 is 1.32 bits per heavy atom. The molecule has 3 unspecified atom stereocenters. The Bertz CT molecular complexity index is 5490. The Labute approximate surface area is 641 Å². The standard InChI is InChI=1S/C28H28FN7O2.C28H30N8O.C27H28N8O/c1-3-23(37)35-12-4-5-20(15-35)36-27-24(26(30)32-16-33-27)25(34-36)19-9-7-18(8-10-19)14-31-28(38)21-13-17(2)6-11-22(21)29;1-19-6-2-3-8-23(19)28(37)31-16-20-9-11-21(12-10-20)25-24-26(30)32-18-33-27(24)36(34-25)22-7-4-14-35(17-22)15-5-13-29;1-18-5-2-3-7-22(18)27(36)30-15-19-8-10-20(11-9-19)24-23-25(29)31-17-32-26(23)35(33-24)21-6-4-13-34(16-21)14-12-28/h3,6-11,13,16,20H,1,4-5,12,14-15H2,2H3,(H,31,38)(H2,30,32,33);2-3,6,8-12,18,22H,4-5,7,14-17H2,1H3,(H,31,37)(H2,30,32,33);2-3,5,7-11,17,21H,4,6,13-16H2,1H3,(H,30,36)(H2,29,31,32). The van der Waals surface area contributed by atoms with Crippen LogP contribution >= 0.6 is 0 Å². The highest BCUT2D eigenvalue weighted by Crippen LogP contribution is 2.38. The van der Waals surface area contributed by atoms with Crippen molar-refractivity contribution >= 4 is 74.2 Å². The lowest BCUT2D eigenvalue weighted by molar-refractivity contribution is -0.127. The van der Waals surface area contributed by atoms with E-state index in [1.807, 2.05) is 156 Å². The lowest BCUT2D eigenvalue weighted by atomic mass is 10.1. The van der Waals surface area contributed by atoms with Gasteiger partial charge in [0.25, 0.3) is 17.7 Å². The number of benzene rings is 6. The number of carbonyl (C=O) groups excluding carboxylic acids is 4. The molecule has 6 aromatic carbocycles. The molecule has 3 aliphatic rings. The van der Waals surface area contributed by atoms with E-state index in [9.17, 15) is 23.6 Å². The summed E-state index contributed by atoms with van der Waals surface area (Å²) in [4.78, 5) is 82.2. The monoisotopic (exact) mass is 1490 g/mol. The maximum absolute atomic E-state index is 14.0. The smallest absolute Gasteiger partial charge is 0.254 e. The van der Waals surface area contributed by atoms with E-state index in [0.29, 0.717) is 90.1 Å². The zero-order valence-electron chi connectivity index (χ0n) is 62.1. The minimum atomic E-state index is -0.555. The molecule has 0 radical (unpaired) electrons. The van der Waals surface area contributed by atoms with Crippen molar-refractivity contribution < 1.29 is 23.6 Å². The van der Waals surface area contributed by atoms with E-state index in [2.05, 4.69) is 74.4 Å². The molecule has 6 aromatic heterocycles. The first-order valence-corrected chi connectivity index (χ1v) is 37.0. The van der Waals surface area contributed by atoms with Gasteiger partial charge in [0.2, 0.25) is 5.91 Å². The summed E-state index contributed by atoms with van der Waals surface area (Å²) in [7, 11) is 0. The van der Waals surface area contributed by atoms with Crippen LogP contribution in [0.3, 0.4) is 0 Å². The van der Waals surface area contributed by atoms with E-state index in [-0.39, 0.29) is 48.0 Å². The Hall–Kier alpha value is -13.2. The van der Waals surface area contributed by atoms with Crippen LogP contribution < -0.4 is 33.2 Å². The third-order valence-corrected chi connectivity index (χ3v) is 20.5. The van der Waals surface area contributed by atoms with Gasteiger partial charge in [-0.25, -0.2) is 48.3 Å². The first-order chi connectivity index (χ1) is 53.9. The van der Waals surface area contributed by atoms with Gasteiger partial charge in [-0.15, -0.1) is 0 Å². The second-order valence-electron chi connectivity index (χ2n) is 28.0. The molecular weight excluding hydrogens is 1400 g/mol. The van der Waals surface area contributed by atoms with Gasteiger partial charge in [-0.05, 0) is 131 Å². The Kier molecular flexibility index (Phi) is 23.8. The van der Waals surface area contributed by atoms with Gasteiger partial charge < -0.3 is 43.0 Å². The number of nitrogen functional groups attached to an aromatic ring is 3. The number of carbonyl (C=O) groups is 4. The van der Waals surface area contributed by atoms with Crippen LogP contribution in [-0.4, -0.2) is 150 Å². The van der Waals surface area contributed by atoms with Crippen molar-refractivity contribution in [2.45, 2.75) is 103 Å². The maximum Gasteiger partial charge on any atom is 0.254 e. The molecule has 27 nitrogen and oxygen atoms in total. The van der Waals surface area contributed by atoms with Gasteiger partial charge in [-0.1, -0.05) is 127 Å². The van der Waals surface area contributed by atoms with E-state index < -0.39 is 11.7 Å². The number of aromatic nitrogens is 12. The highest BCUT2D eigenvalue weighted by molar-refractivity contribution is 6.01. The van der Waals surface area contributed by atoms with Crippen LogP contribution in [-0.2, 0) is 24.4 Å². The fourth-order valence-electron chi connectivity index (χ4n) is 14.6. The average molecular weight is 1490 g/mol. The van der Waals surface area contributed by atoms with Gasteiger partial charge in [-0.3, -0.25) is 24.1 Å². The van der Waals surface area contributed by atoms with E-state index in [0.717, 1.165) is 149 Å². The van der Waals surface area contributed by atoms with Gasteiger partial charge in [0.1, 0.15) is 59.3 Å². The molecule has 9 N–H and O–H groups in total. The molecule has 4 amide bonds. The van der Waals surface area contributed by atoms with Crippen molar-refractivity contribution in [1.82, 2.24) is 89.9 Å². The number of nitrogens with one attached hydrogen (secondary N) is 3. The number of hydrogen-bond donors (Lipinski definition) is 6. The third-order valence-electron chi connectivity index (χ3n) is 20.5. The van der Waals surface area contributed by atoms with Crippen LogP contribution in [0.25, 0.3) is 66.9 Å². The molecular formula is C83H86FN23O4. The van der Waals surface area contributed by atoms with E-state index >= 15 is 0 Å². The first-order valence-electron chi connectivity index (χ1n) is 37.0. The van der Waals surface area contributed by atoms with Crippen molar-refractivity contribution in [3.63, 3.8) is 0 Å². The van der Waals surface area contributed by atoms with Gasteiger partial charge in [0, 0.05) is 86.6 Å². The van der Waals surface area contributed by atoms with Crippen molar-refractivity contribution in [3.05, 3.63) is 227 Å². The number of likely N-dealkylation sites (tertiary alicyclic amines) is 3. The summed E-state index contributed by atoms with van der Waals surface area (Å²) in [6.07, 6.45) is 11.9. The number of nitriles is 2. The minimum absolute atomic E-state index is 0.0187. The summed E-state index contributed by atoms with van der Waals surface area (Å²) in [6.45, 7) is 16.2. The molecule has 3 aliphatic heterocycles. The van der Waals surface area contributed by atoms with Crippen molar-refractivity contribution in [2.24, 2.45) is 0 Å². The molecule has 3 saturated heterocycles. The van der Waals surface area contributed by atoms with Crippen LogP contribution in [0, 0.1) is 49.3 Å². The second-order valence-corrected chi connectivity index (χ2v) is 28.0. The number of aryl methyl sites for hydroxylation is 3. The normalized spacial score (nSPS) is 15.8. The fourth-order valence-corrected chi connectivity index (χ4v) is 14.6. The summed E-state index contributed by atoms with van der Waals surface area (Å²) < 4.78 is 19.8. The summed E-state index contributed by atoms with van der Waals surface area (Å²) in [6, 6.07) is 47.6. The third kappa shape index (κ3) is 17.4.